The first-order valence-electron chi connectivity index (χ1n) is 9.03. The molecule has 1 aliphatic carbocycles. The van der Waals surface area contributed by atoms with Crippen molar-refractivity contribution >= 4 is 0 Å². The van der Waals surface area contributed by atoms with E-state index < -0.39 is 0 Å². The van der Waals surface area contributed by atoms with Gasteiger partial charge in [0.25, 0.3) is 0 Å². The Morgan fingerprint density at radius 3 is 2.48 bits per heavy atom. The van der Waals surface area contributed by atoms with Gasteiger partial charge in [-0.25, -0.2) is 0 Å². The van der Waals surface area contributed by atoms with Crippen LogP contribution in [0.3, 0.4) is 0 Å². The number of rotatable bonds is 4. The zero-order chi connectivity index (χ0) is 15.6. The van der Waals surface area contributed by atoms with Gasteiger partial charge in [0, 0.05) is 31.7 Å². The van der Waals surface area contributed by atoms with Crippen LogP contribution in [-0.4, -0.2) is 55.1 Å². The Bertz CT molecular complexity index is 328. The van der Waals surface area contributed by atoms with Crippen LogP contribution >= 0.6 is 0 Å². The van der Waals surface area contributed by atoms with Crippen LogP contribution in [0.2, 0.25) is 0 Å². The van der Waals surface area contributed by atoms with E-state index >= 15 is 0 Å². The molecule has 0 aromatic heterocycles. The van der Waals surface area contributed by atoms with Gasteiger partial charge in [0.15, 0.2) is 0 Å². The maximum absolute atomic E-state index is 6.11. The second kappa shape index (κ2) is 6.97. The standard InChI is InChI=1S/C18H37N3/c1-6-18(3,4)16-8-7-15(12-19)17(11-16)21-10-9-20(5)14(2)13-21/h14-17H,6-13,19H2,1-5H3. The van der Waals surface area contributed by atoms with Crippen molar-refractivity contribution in [2.75, 3.05) is 33.2 Å². The highest BCUT2D eigenvalue weighted by Gasteiger charge is 2.40. The number of hydrogen-bond donors (Lipinski definition) is 1. The molecule has 3 nitrogen and oxygen atoms in total. The van der Waals surface area contributed by atoms with E-state index in [0.29, 0.717) is 17.4 Å². The maximum Gasteiger partial charge on any atom is 0.0192 e. The second-order valence-corrected chi connectivity index (χ2v) is 8.24. The van der Waals surface area contributed by atoms with E-state index in [9.17, 15) is 0 Å². The highest BCUT2D eigenvalue weighted by Crippen LogP contribution is 2.43. The second-order valence-electron chi connectivity index (χ2n) is 8.24. The van der Waals surface area contributed by atoms with E-state index in [0.717, 1.165) is 18.5 Å². The van der Waals surface area contributed by atoms with Crippen molar-refractivity contribution in [2.24, 2.45) is 23.0 Å². The molecule has 21 heavy (non-hydrogen) atoms. The van der Waals surface area contributed by atoms with Crippen LogP contribution in [0, 0.1) is 17.3 Å². The van der Waals surface area contributed by atoms with Crippen molar-refractivity contribution < 1.29 is 0 Å². The largest absolute Gasteiger partial charge is 0.330 e. The zero-order valence-corrected chi connectivity index (χ0v) is 14.9. The molecular weight excluding hydrogens is 258 g/mol. The summed E-state index contributed by atoms with van der Waals surface area (Å²) in [6.45, 7) is 14.1. The number of hydrogen-bond acceptors (Lipinski definition) is 3. The normalized spacial score (nSPS) is 36.9. The smallest absolute Gasteiger partial charge is 0.0192 e. The lowest BCUT2D eigenvalue weighted by Crippen LogP contribution is -2.57. The molecular formula is C18H37N3. The molecule has 4 unspecified atom stereocenters. The third-order valence-corrected chi connectivity index (χ3v) is 6.74. The summed E-state index contributed by atoms with van der Waals surface area (Å²) in [4.78, 5) is 5.25. The van der Waals surface area contributed by atoms with Gasteiger partial charge in [-0.3, -0.25) is 4.90 Å². The predicted octanol–water partition coefficient (Wildman–Crippen LogP) is 2.80. The van der Waals surface area contributed by atoms with Crippen LogP contribution < -0.4 is 5.73 Å². The number of nitrogens with zero attached hydrogens (tertiary/aromatic N) is 2. The van der Waals surface area contributed by atoms with E-state index in [1.807, 2.05) is 0 Å². The van der Waals surface area contributed by atoms with Gasteiger partial charge >= 0.3 is 0 Å². The molecule has 0 aromatic rings. The molecule has 1 saturated carbocycles. The molecule has 2 aliphatic rings. The molecule has 124 valence electrons. The number of nitrogens with two attached hydrogens (primary N) is 1. The third kappa shape index (κ3) is 3.80. The fourth-order valence-corrected chi connectivity index (χ4v) is 4.31. The predicted molar refractivity (Wildman–Crippen MR) is 91.4 cm³/mol. The minimum atomic E-state index is 0.482. The van der Waals surface area contributed by atoms with Crippen molar-refractivity contribution in [3.63, 3.8) is 0 Å². The highest BCUT2D eigenvalue weighted by atomic mass is 15.3. The van der Waals surface area contributed by atoms with Gasteiger partial charge in [-0.15, -0.1) is 0 Å². The summed E-state index contributed by atoms with van der Waals surface area (Å²) >= 11 is 0. The van der Waals surface area contributed by atoms with Gasteiger partial charge in [-0.05, 0) is 57.0 Å². The van der Waals surface area contributed by atoms with E-state index in [4.69, 9.17) is 5.73 Å². The van der Waals surface area contributed by atoms with Crippen LogP contribution in [0.15, 0.2) is 0 Å². The van der Waals surface area contributed by atoms with Crippen molar-refractivity contribution in [1.29, 1.82) is 0 Å². The van der Waals surface area contributed by atoms with Gasteiger partial charge < -0.3 is 10.6 Å². The molecule has 0 aromatic carbocycles. The molecule has 0 bridgehead atoms. The molecule has 3 heteroatoms. The number of piperazine rings is 1. The minimum Gasteiger partial charge on any atom is -0.330 e. The average Bonchev–Trinajstić information content (AvgIpc) is 2.49. The van der Waals surface area contributed by atoms with Crippen LogP contribution in [0.1, 0.15) is 53.4 Å². The fourth-order valence-electron chi connectivity index (χ4n) is 4.31. The van der Waals surface area contributed by atoms with E-state index in [1.54, 1.807) is 0 Å². The van der Waals surface area contributed by atoms with Crippen molar-refractivity contribution in [1.82, 2.24) is 9.80 Å². The van der Waals surface area contributed by atoms with Gasteiger partial charge in [0.1, 0.15) is 0 Å². The molecule has 0 amide bonds. The Morgan fingerprint density at radius 1 is 1.19 bits per heavy atom. The van der Waals surface area contributed by atoms with Gasteiger partial charge in [-0.1, -0.05) is 27.2 Å². The Kier molecular flexibility index (Phi) is 5.72. The SMILES string of the molecule is CCC(C)(C)C1CCC(CN)C(N2CCN(C)C(C)C2)C1. The van der Waals surface area contributed by atoms with E-state index in [1.165, 1.54) is 45.3 Å². The minimum absolute atomic E-state index is 0.482. The molecule has 2 rings (SSSR count). The summed E-state index contributed by atoms with van der Waals surface area (Å²) in [6, 6.07) is 1.40. The summed E-state index contributed by atoms with van der Waals surface area (Å²) in [7, 11) is 2.26. The maximum atomic E-state index is 6.11. The van der Waals surface area contributed by atoms with Gasteiger partial charge in [0.05, 0.1) is 0 Å². The summed E-state index contributed by atoms with van der Waals surface area (Å²) in [5.74, 6) is 1.58. The van der Waals surface area contributed by atoms with E-state index in [2.05, 4.69) is 44.5 Å². The first kappa shape index (κ1) is 17.2. The molecule has 0 radical (unpaired) electrons. The topological polar surface area (TPSA) is 32.5 Å². The first-order chi connectivity index (χ1) is 9.89. The van der Waals surface area contributed by atoms with Crippen molar-refractivity contribution in [3.05, 3.63) is 0 Å². The monoisotopic (exact) mass is 295 g/mol. The molecule has 2 N–H and O–H groups in total. The molecule has 1 heterocycles. The first-order valence-corrected chi connectivity index (χ1v) is 9.03. The molecule has 0 spiro atoms. The quantitative estimate of drug-likeness (QED) is 0.865. The van der Waals surface area contributed by atoms with Gasteiger partial charge in [-0.2, -0.15) is 0 Å². The zero-order valence-electron chi connectivity index (χ0n) is 14.9. The summed E-state index contributed by atoms with van der Waals surface area (Å²) in [6.07, 6.45) is 5.36. The average molecular weight is 296 g/mol. The summed E-state index contributed by atoms with van der Waals surface area (Å²) < 4.78 is 0. The van der Waals surface area contributed by atoms with Crippen molar-refractivity contribution in [3.8, 4) is 0 Å². The van der Waals surface area contributed by atoms with Crippen LogP contribution in [-0.2, 0) is 0 Å². The lowest BCUT2D eigenvalue weighted by molar-refractivity contribution is 0.000276. The van der Waals surface area contributed by atoms with Crippen molar-refractivity contribution in [2.45, 2.75) is 65.5 Å². The lowest BCUT2D eigenvalue weighted by Gasteiger charge is -2.50. The molecule has 4 atom stereocenters. The Balaban J connectivity index is 2.06. The van der Waals surface area contributed by atoms with Crippen LogP contribution in [0.25, 0.3) is 0 Å². The third-order valence-electron chi connectivity index (χ3n) is 6.74. The summed E-state index contributed by atoms with van der Waals surface area (Å²) in [5.41, 5.74) is 6.59. The fraction of sp³-hybridized carbons (Fsp3) is 1.00. The lowest BCUT2D eigenvalue weighted by atomic mass is 9.65. The molecule has 1 aliphatic heterocycles. The summed E-state index contributed by atoms with van der Waals surface area (Å²) in [5, 5.41) is 0. The highest BCUT2D eigenvalue weighted by molar-refractivity contribution is 4.94. The van der Waals surface area contributed by atoms with E-state index in [-0.39, 0.29) is 0 Å². The molecule has 1 saturated heterocycles. The molecule has 2 fully saturated rings. The Hall–Kier alpha value is -0.120. The van der Waals surface area contributed by atoms with Gasteiger partial charge in [0.2, 0.25) is 0 Å². The Morgan fingerprint density at radius 2 is 1.90 bits per heavy atom. The van der Waals surface area contributed by atoms with Crippen LogP contribution in [0.4, 0.5) is 0 Å². The number of likely N-dealkylation sites (N-methyl/N-ethyl adjacent to an activating group) is 1. The Labute approximate surface area is 132 Å². The van der Waals surface area contributed by atoms with Crippen LogP contribution in [0.5, 0.6) is 0 Å².